The Hall–Kier alpha value is -1.37. The van der Waals surface area contributed by atoms with Crippen molar-refractivity contribution in [3.8, 4) is 0 Å². The predicted molar refractivity (Wildman–Crippen MR) is 91.1 cm³/mol. The maximum Gasteiger partial charge on any atom is 0.239 e. The van der Waals surface area contributed by atoms with E-state index in [9.17, 15) is 9.59 Å². The molecule has 1 atom stereocenters. The van der Waals surface area contributed by atoms with E-state index in [1.54, 1.807) is 6.20 Å². The highest BCUT2D eigenvalue weighted by molar-refractivity contribution is 5.87. The minimum Gasteiger partial charge on any atom is -0.350 e. The third-order valence-electron chi connectivity index (χ3n) is 2.91. The summed E-state index contributed by atoms with van der Waals surface area (Å²) in [6, 6.07) is 3.19. The molecule has 0 bridgehead atoms. The Kier molecular flexibility index (Phi) is 11.7. The van der Waals surface area contributed by atoms with Gasteiger partial charge in [0.25, 0.3) is 0 Å². The van der Waals surface area contributed by atoms with Crippen LogP contribution in [0, 0.1) is 12.8 Å². The molecule has 22 heavy (non-hydrogen) atoms. The molecule has 0 fully saturated rings. The van der Waals surface area contributed by atoms with Crippen LogP contribution in [-0.2, 0) is 16.1 Å². The summed E-state index contributed by atoms with van der Waals surface area (Å²) in [7, 11) is 0. The second kappa shape index (κ2) is 11.2. The van der Waals surface area contributed by atoms with E-state index >= 15 is 0 Å². The third-order valence-corrected chi connectivity index (χ3v) is 2.91. The number of pyridine rings is 1. The zero-order valence-corrected chi connectivity index (χ0v) is 14.6. The van der Waals surface area contributed by atoms with E-state index in [4.69, 9.17) is 5.73 Å². The fraction of sp³-hybridized carbons (Fsp3) is 0.500. The van der Waals surface area contributed by atoms with Crippen molar-refractivity contribution in [2.45, 2.75) is 33.4 Å². The number of aromatic nitrogens is 1. The highest BCUT2D eigenvalue weighted by atomic mass is 35.5. The molecule has 0 saturated carbocycles. The van der Waals surface area contributed by atoms with Crippen LogP contribution >= 0.6 is 24.8 Å². The van der Waals surface area contributed by atoms with Crippen molar-refractivity contribution < 1.29 is 9.59 Å². The van der Waals surface area contributed by atoms with E-state index < -0.39 is 6.04 Å². The molecule has 6 nitrogen and oxygen atoms in total. The largest absolute Gasteiger partial charge is 0.350 e. The van der Waals surface area contributed by atoms with Crippen molar-refractivity contribution in [1.82, 2.24) is 15.6 Å². The molecule has 8 heteroatoms. The van der Waals surface area contributed by atoms with Crippen LogP contribution < -0.4 is 16.4 Å². The Morgan fingerprint density at radius 1 is 1.23 bits per heavy atom. The summed E-state index contributed by atoms with van der Waals surface area (Å²) in [5, 5.41) is 5.22. The lowest BCUT2D eigenvalue weighted by atomic mass is 10.1. The topological polar surface area (TPSA) is 97.1 Å². The maximum absolute atomic E-state index is 11.6. The standard InChI is InChI=1S/C14H22N4O2.2ClH/c1-9(2)13(15)14(20)18-8-12(19)17-7-11-5-4-10(3)16-6-11;;/h4-6,9,13H,7-8,15H2,1-3H3,(H,17,19)(H,18,20);2*1H/t13-;;/m0../s1. The van der Waals surface area contributed by atoms with Crippen molar-refractivity contribution >= 4 is 36.6 Å². The van der Waals surface area contributed by atoms with Crippen LogP contribution in [0.1, 0.15) is 25.1 Å². The number of hydrogen-bond donors (Lipinski definition) is 3. The van der Waals surface area contributed by atoms with Gasteiger partial charge in [-0.25, -0.2) is 0 Å². The van der Waals surface area contributed by atoms with Crippen LogP contribution in [0.4, 0.5) is 0 Å². The molecule has 0 aliphatic heterocycles. The maximum atomic E-state index is 11.6. The molecule has 0 radical (unpaired) electrons. The fourth-order valence-corrected chi connectivity index (χ4v) is 1.45. The van der Waals surface area contributed by atoms with E-state index in [1.165, 1.54) is 0 Å². The average Bonchev–Trinajstić information content (AvgIpc) is 2.43. The van der Waals surface area contributed by atoms with Gasteiger partial charge in [-0.05, 0) is 24.5 Å². The Bertz CT molecular complexity index is 466. The Morgan fingerprint density at radius 3 is 2.36 bits per heavy atom. The molecular weight excluding hydrogens is 327 g/mol. The molecule has 126 valence electrons. The number of carbonyl (C=O) groups is 2. The van der Waals surface area contributed by atoms with Gasteiger partial charge < -0.3 is 16.4 Å². The summed E-state index contributed by atoms with van der Waals surface area (Å²) in [6.07, 6.45) is 1.71. The number of rotatable bonds is 6. The lowest BCUT2D eigenvalue weighted by Crippen LogP contribution is -2.47. The molecule has 1 heterocycles. The van der Waals surface area contributed by atoms with Crippen LogP contribution in [0.25, 0.3) is 0 Å². The molecule has 0 aliphatic rings. The first-order valence-electron chi connectivity index (χ1n) is 6.61. The van der Waals surface area contributed by atoms with E-state index in [0.717, 1.165) is 11.3 Å². The molecule has 0 spiro atoms. The van der Waals surface area contributed by atoms with Gasteiger partial charge in [-0.3, -0.25) is 14.6 Å². The molecule has 1 rings (SSSR count). The van der Waals surface area contributed by atoms with E-state index in [-0.39, 0.29) is 49.1 Å². The number of carbonyl (C=O) groups excluding carboxylic acids is 2. The first-order chi connectivity index (χ1) is 9.40. The molecular formula is C14H24Cl2N4O2. The van der Waals surface area contributed by atoms with Gasteiger partial charge in [-0.2, -0.15) is 0 Å². The van der Waals surface area contributed by atoms with Crippen molar-refractivity contribution in [3.05, 3.63) is 29.6 Å². The molecule has 4 N–H and O–H groups in total. The Labute approximate surface area is 143 Å². The summed E-state index contributed by atoms with van der Waals surface area (Å²) >= 11 is 0. The monoisotopic (exact) mass is 350 g/mol. The van der Waals surface area contributed by atoms with Gasteiger partial charge in [0, 0.05) is 18.4 Å². The van der Waals surface area contributed by atoms with Gasteiger partial charge in [0.2, 0.25) is 11.8 Å². The second-order valence-corrected chi connectivity index (χ2v) is 5.07. The SMILES string of the molecule is Cc1ccc(CNC(=O)CNC(=O)[C@@H](N)C(C)C)cn1.Cl.Cl. The van der Waals surface area contributed by atoms with E-state index in [2.05, 4.69) is 15.6 Å². The summed E-state index contributed by atoms with van der Waals surface area (Å²) < 4.78 is 0. The van der Waals surface area contributed by atoms with Crippen molar-refractivity contribution in [2.75, 3.05) is 6.54 Å². The van der Waals surface area contributed by atoms with Crippen molar-refractivity contribution in [2.24, 2.45) is 11.7 Å². The van der Waals surface area contributed by atoms with Gasteiger partial charge in [0.15, 0.2) is 0 Å². The smallest absolute Gasteiger partial charge is 0.239 e. The summed E-state index contributed by atoms with van der Waals surface area (Å²) in [6.45, 7) is 5.93. The summed E-state index contributed by atoms with van der Waals surface area (Å²) in [5.41, 5.74) is 7.51. The lowest BCUT2D eigenvalue weighted by Gasteiger charge is -2.15. The van der Waals surface area contributed by atoms with Gasteiger partial charge in [0.05, 0.1) is 12.6 Å². The van der Waals surface area contributed by atoms with Gasteiger partial charge in [0.1, 0.15) is 0 Å². The molecule has 0 saturated heterocycles. The average molecular weight is 351 g/mol. The van der Waals surface area contributed by atoms with Crippen LogP contribution in [0.5, 0.6) is 0 Å². The number of nitrogens with zero attached hydrogens (tertiary/aromatic N) is 1. The first-order valence-corrected chi connectivity index (χ1v) is 6.61. The van der Waals surface area contributed by atoms with Gasteiger partial charge in [-0.1, -0.05) is 19.9 Å². The van der Waals surface area contributed by atoms with E-state index in [0.29, 0.717) is 6.54 Å². The van der Waals surface area contributed by atoms with Crippen LogP contribution in [0.15, 0.2) is 18.3 Å². The second-order valence-electron chi connectivity index (χ2n) is 5.07. The Balaban J connectivity index is 0. The van der Waals surface area contributed by atoms with Crippen LogP contribution in [-0.4, -0.2) is 29.4 Å². The number of amides is 2. The van der Waals surface area contributed by atoms with Gasteiger partial charge in [-0.15, -0.1) is 24.8 Å². The molecule has 0 unspecified atom stereocenters. The van der Waals surface area contributed by atoms with Crippen molar-refractivity contribution in [3.63, 3.8) is 0 Å². The third kappa shape index (κ3) is 8.17. The molecule has 1 aromatic rings. The number of nitrogens with two attached hydrogens (primary N) is 1. The number of halogens is 2. The molecule has 2 amide bonds. The first kappa shape index (κ1) is 22.9. The quantitative estimate of drug-likeness (QED) is 0.711. The van der Waals surface area contributed by atoms with Crippen molar-refractivity contribution in [1.29, 1.82) is 0 Å². The zero-order chi connectivity index (χ0) is 15.1. The van der Waals surface area contributed by atoms with Gasteiger partial charge >= 0.3 is 0 Å². The zero-order valence-electron chi connectivity index (χ0n) is 13.0. The minimum absolute atomic E-state index is 0. The highest BCUT2D eigenvalue weighted by Gasteiger charge is 2.17. The molecule has 1 aromatic heterocycles. The number of hydrogen-bond acceptors (Lipinski definition) is 4. The fourth-order valence-electron chi connectivity index (χ4n) is 1.45. The summed E-state index contributed by atoms with van der Waals surface area (Å²) in [4.78, 5) is 27.3. The number of aryl methyl sites for hydroxylation is 1. The number of nitrogens with one attached hydrogen (secondary N) is 2. The van der Waals surface area contributed by atoms with Crippen LogP contribution in [0.3, 0.4) is 0 Å². The molecule has 0 aliphatic carbocycles. The Morgan fingerprint density at radius 2 is 1.86 bits per heavy atom. The minimum atomic E-state index is -0.593. The normalized spacial score (nSPS) is 11.0. The summed E-state index contributed by atoms with van der Waals surface area (Å²) in [5.74, 6) is -0.529. The van der Waals surface area contributed by atoms with Crippen LogP contribution in [0.2, 0.25) is 0 Å². The highest BCUT2D eigenvalue weighted by Crippen LogP contribution is 1.99. The van der Waals surface area contributed by atoms with E-state index in [1.807, 2.05) is 32.9 Å². The molecule has 0 aromatic carbocycles. The predicted octanol–water partition coefficient (Wildman–Crippen LogP) is 0.949. The lowest BCUT2D eigenvalue weighted by molar-refractivity contribution is -0.127.